The Bertz CT molecular complexity index is 1300. The van der Waals surface area contributed by atoms with Crippen molar-refractivity contribution in [3.63, 3.8) is 0 Å². The Balaban J connectivity index is 6.27. The molecule has 0 aliphatic rings. The zero-order valence-electron chi connectivity index (χ0n) is 32.3. The van der Waals surface area contributed by atoms with Crippen molar-refractivity contribution in [2.24, 2.45) is 39.4 Å². The number of nitrogens with two attached hydrogens (primary N) is 6. The van der Waals surface area contributed by atoms with Gasteiger partial charge in [0.05, 0.1) is 12.6 Å². The molecule has 0 rings (SSSR count). The van der Waals surface area contributed by atoms with E-state index >= 15 is 0 Å². The third-order valence-electron chi connectivity index (χ3n) is 8.46. The summed E-state index contributed by atoms with van der Waals surface area (Å²) in [4.78, 5) is 95.3. The van der Waals surface area contributed by atoms with Gasteiger partial charge < -0.3 is 76.5 Å². The molecular weight excluding hydrogens is 787 g/mol. The zero-order valence-corrected chi connectivity index (χ0v) is 34.1. The molecule has 0 fully saturated rings. The van der Waals surface area contributed by atoms with Crippen molar-refractivity contribution in [1.82, 2.24) is 31.9 Å². The minimum absolute atomic E-state index is 0.00722. The molecule has 0 aromatic heterocycles. The number of carboxylic acid groups (broad SMARTS) is 1. The fraction of sp³-hybridized carbons (Fsp3) is 0.758. The molecule has 0 aliphatic heterocycles. The van der Waals surface area contributed by atoms with Crippen LogP contribution in [0.1, 0.15) is 70.6 Å². The molecule has 22 nitrogen and oxygen atoms in total. The summed E-state index contributed by atoms with van der Waals surface area (Å²) >= 11 is 7.98. The number of amides is 6. The van der Waals surface area contributed by atoms with E-state index in [4.69, 9.17) is 34.4 Å². The molecule has 0 bridgehead atoms. The number of aliphatic hydroxyl groups is 1. The molecule has 0 saturated heterocycles. The molecule has 0 spiro atoms. The Morgan fingerprint density at radius 1 is 0.509 bits per heavy atom. The summed E-state index contributed by atoms with van der Waals surface area (Å²) in [7, 11) is 0. The van der Waals surface area contributed by atoms with Crippen LogP contribution in [0.5, 0.6) is 0 Å². The van der Waals surface area contributed by atoms with E-state index in [0.717, 1.165) is 0 Å². The molecule has 0 aliphatic carbocycles. The van der Waals surface area contributed by atoms with Crippen LogP contribution in [0.4, 0.5) is 0 Å². The van der Waals surface area contributed by atoms with Crippen LogP contribution in [0.2, 0.25) is 0 Å². The maximum absolute atomic E-state index is 13.6. The maximum atomic E-state index is 13.6. The fourth-order valence-corrected chi connectivity index (χ4v) is 5.57. The van der Waals surface area contributed by atoms with Crippen LogP contribution in [0.25, 0.3) is 0 Å². The highest BCUT2D eigenvalue weighted by atomic mass is 32.1. The van der Waals surface area contributed by atoms with Gasteiger partial charge in [-0.3, -0.25) is 33.8 Å². The second-order valence-corrected chi connectivity index (χ2v) is 13.9. The molecule has 20 N–H and O–H groups in total. The average molecular weight is 852 g/mol. The first-order chi connectivity index (χ1) is 27.1. The summed E-state index contributed by atoms with van der Waals surface area (Å²) in [6.45, 7) is 0.0736. The van der Waals surface area contributed by atoms with Gasteiger partial charge in [0, 0.05) is 18.1 Å². The number of aliphatic hydroxyl groups excluding tert-OH is 1. The van der Waals surface area contributed by atoms with Gasteiger partial charge in [0.1, 0.15) is 36.3 Å². The molecule has 0 heterocycles. The van der Waals surface area contributed by atoms with E-state index in [2.05, 4.69) is 62.2 Å². The number of guanidine groups is 1. The Morgan fingerprint density at radius 3 is 1.16 bits per heavy atom. The summed E-state index contributed by atoms with van der Waals surface area (Å²) in [5, 5.41) is 34.6. The zero-order chi connectivity index (χ0) is 43.3. The first kappa shape index (κ1) is 53.1. The highest BCUT2D eigenvalue weighted by molar-refractivity contribution is 7.80. The summed E-state index contributed by atoms with van der Waals surface area (Å²) in [6.07, 6.45) is 3.20. The molecule has 57 heavy (non-hydrogen) atoms. The van der Waals surface area contributed by atoms with E-state index in [1.165, 1.54) is 0 Å². The number of carboxylic acids is 1. The maximum Gasteiger partial charge on any atom is 0.327 e. The van der Waals surface area contributed by atoms with Crippen molar-refractivity contribution in [2.45, 2.75) is 113 Å². The second kappa shape index (κ2) is 31.1. The highest BCUT2D eigenvalue weighted by Crippen LogP contribution is 2.09. The van der Waals surface area contributed by atoms with E-state index in [-0.39, 0.29) is 62.7 Å². The van der Waals surface area contributed by atoms with Crippen molar-refractivity contribution in [3.05, 3.63) is 0 Å². The standard InChI is InChI=1S/C33H65N13O9S2/c34-12-4-1-8-20(41-26(48)19(37)17-56)27(49)43-23(11-7-15-40-33(38)39)29(51)45-24(16-47)31(53)44-21(9-2-5-13-35)28(50)42-22(10-3-6-14-36)30(52)46-25(18-57)32(54)55/h19-25,47,56-57H,1-18,34-37H2,(H,41,48)(H,42,50)(H,43,49)(H,44,53)(H,45,51)(H,46,52)(H,54,55)(H4,38,39,40)/t19-,20-,21-,22-,23-,24-,25-/m0/s1. The third-order valence-corrected chi connectivity index (χ3v) is 9.22. The van der Waals surface area contributed by atoms with Gasteiger partial charge in [0.25, 0.3) is 0 Å². The minimum Gasteiger partial charge on any atom is -0.480 e. The number of carbonyl (C=O) groups is 7. The Kier molecular flexibility index (Phi) is 29.0. The first-order valence-electron chi connectivity index (χ1n) is 18.9. The smallest absolute Gasteiger partial charge is 0.327 e. The molecular formula is C33H65N13O9S2. The quantitative estimate of drug-likeness (QED) is 0.0130. The molecule has 0 saturated carbocycles. The molecule has 6 amide bonds. The normalized spacial score (nSPS) is 14.6. The summed E-state index contributed by atoms with van der Waals surface area (Å²) in [5.74, 6) is -6.54. The number of aliphatic carboxylic acids is 1. The van der Waals surface area contributed by atoms with Crippen LogP contribution in [-0.2, 0) is 33.6 Å². The van der Waals surface area contributed by atoms with E-state index in [1.54, 1.807) is 0 Å². The van der Waals surface area contributed by atoms with Gasteiger partial charge in [-0.15, -0.1) is 0 Å². The summed E-state index contributed by atoms with van der Waals surface area (Å²) in [5.41, 5.74) is 33.4. The fourth-order valence-electron chi connectivity index (χ4n) is 5.16. The second-order valence-electron chi connectivity index (χ2n) is 13.2. The molecule has 0 unspecified atom stereocenters. The Hall–Kier alpha value is -3.94. The number of nitrogens with zero attached hydrogens (tertiary/aromatic N) is 1. The molecule has 0 aromatic carbocycles. The van der Waals surface area contributed by atoms with Gasteiger partial charge in [-0.2, -0.15) is 25.3 Å². The number of rotatable bonds is 32. The molecule has 0 aromatic rings. The van der Waals surface area contributed by atoms with E-state index in [9.17, 15) is 43.8 Å². The van der Waals surface area contributed by atoms with Gasteiger partial charge in [0.2, 0.25) is 35.4 Å². The number of nitrogens with one attached hydrogen (secondary N) is 6. The monoisotopic (exact) mass is 851 g/mol. The lowest BCUT2D eigenvalue weighted by molar-refractivity contribution is -0.141. The highest BCUT2D eigenvalue weighted by Gasteiger charge is 2.33. The van der Waals surface area contributed by atoms with Crippen LogP contribution in [0, 0.1) is 0 Å². The Morgan fingerprint density at radius 2 is 0.842 bits per heavy atom. The summed E-state index contributed by atoms with van der Waals surface area (Å²) in [6, 6.07) is -8.87. The van der Waals surface area contributed by atoms with Crippen molar-refractivity contribution in [1.29, 1.82) is 0 Å². The molecule has 7 atom stereocenters. The van der Waals surface area contributed by atoms with Crippen molar-refractivity contribution in [2.75, 3.05) is 44.3 Å². The predicted octanol–water partition coefficient (Wildman–Crippen LogP) is -5.40. The topological polar surface area (TPSA) is 401 Å². The van der Waals surface area contributed by atoms with Crippen molar-refractivity contribution >= 4 is 72.6 Å². The summed E-state index contributed by atoms with van der Waals surface area (Å²) < 4.78 is 0. The van der Waals surface area contributed by atoms with Gasteiger partial charge in [-0.25, -0.2) is 4.79 Å². The molecule has 328 valence electrons. The van der Waals surface area contributed by atoms with E-state index < -0.39 is 90.3 Å². The number of thiol groups is 2. The number of carbonyl (C=O) groups excluding carboxylic acids is 6. The Labute approximate surface area is 344 Å². The van der Waals surface area contributed by atoms with Crippen LogP contribution >= 0.6 is 25.3 Å². The van der Waals surface area contributed by atoms with Gasteiger partial charge in [0.15, 0.2) is 5.96 Å². The first-order valence-corrected chi connectivity index (χ1v) is 20.2. The van der Waals surface area contributed by atoms with Crippen molar-refractivity contribution in [3.8, 4) is 0 Å². The number of hydrogen-bond donors (Lipinski definition) is 16. The molecule has 24 heteroatoms. The van der Waals surface area contributed by atoms with Gasteiger partial charge in [-0.05, 0) is 90.3 Å². The number of unbranched alkanes of at least 4 members (excludes halogenated alkanes) is 3. The third kappa shape index (κ3) is 22.6. The average Bonchev–Trinajstić information content (AvgIpc) is 3.17. The van der Waals surface area contributed by atoms with Crippen LogP contribution in [-0.4, -0.2) is 144 Å². The van der Waals surface area contributed by atoms with Crippen LogP contribution in [0.15, 0.2) is 4.99 Å². The lowest BCUT2D eigenvalue weighted by Gasteiger charge is -2.27. The SMILES string of the molecule is NCCCC[C@H](NC(=O)[C@H](CCCCN)NC(=O)[C@H](CO)NC(=O)[C@H](CCCN=C(N)N)NC(=O)[C@H](CCCCN)NC(=O)[C@@H](N)CS)C(=O)N[C@@H](CS)C(=O)O. The number of aliphatic imine (C=N–C) groups is 1. The molecule has 0 radical (unpaired) electrons. The predicted molar refractivity (Wildman–Crippen MR) is 221 cm³/mol. The van der Waals surface area contributed by atoms with Gasteiger partial charge in [-0.1, -0.05) is 0 Å². The lowest BCUT2D eigenvalue weighted by atomic mass is 10.0. The largest absolute Gasteiger partial charge is 0.480 e. The van der Waals surface area contributed by atoms with E-state index in [0.29, 0.717) is 51.6 Å². The van der Waals surface area contributed by atoms with Crippen LogP contribution < -0.4 is 66.3 Å². The van der Waals surface area contributed by atoms with Gasteiger partial charge >= 0.3 is 5.97 Å². The van der Waals surface area contributed by atoms with Crippen molar-refractivity contribution < 1.29 is 43.8 Å². The lowest BCUT2D eigenvalue weighted by Crippen LogP contribution is -2.60. The van der Waals surface area contributed by atoms with E-state index in [1.807, 2.05) is 0 Å². The number of hydrogen-bond acceptors (Lipinski definition) is 15. The van der Waals surface area contributed by atoms with Crippen LogP contribution in [0.3, 0.4) is 0 Å². The minimum atomic E-state index is -1.62.